The zero-order valence-corrected chi connectivity index (χ0v) is 10.0. The van der Waals surface area contributed by atoms with Crippen molar-refractivity contribution in [3.05, 3.63) is 20.8 Å². The van der Waals surface area contributed by atoms with Gasteiger partial charge < -0.3 is 10.4 Å². The number of carboxylic acid groups (broad SMARTS) is 1. The van der Waals surface area contributed by atoms with Crippen molar-refractivity contribution in [1.29, 1.82) is 0 Å². The minimum Gasteiger partial charge on any atom is -0.481 e. The van der Waals surface area contributed by atoms with E-state index in [1.807, 2.05) is 11.4 Å². The molecule has 0 aliphatic carbocycles. The molecule has 5 heteroatoms. The predicted octanol–water partition coefficient (Wildman–Crippen LogP) is 2.47. The highest BCUT2D eigenvalue weighted by Gasteiger charge is 2.00. The lowest BCUT2D eigenvalue weighted by Gasteiger charge is -2.01. The van der Waals surface area contributed by atoms with E-state index >= 15 is 0 Å². The molecule has 0 unspecified atom stereocenters. The Balaban J connectivity index is 2.10. The van der Waals surface area contributed by atoms with Crippen LogP contribution >= 0.6 is 27.3 Å². The molecule has 1 aromatic rings. The molecule has 0 bridgehead atoms. The first kappa shape index (κ1) is 11.7. The second-order valence-electron chi connectivity index (χ2n) is 2.87. The van der Waals surface area contributed by atoms with Gasteiger partial charge >= 0.3 is 5.97 Å². The van der Waals surface area contributed by atoms with Crippen molar-refractivity contribution < 1.29 is 9.90 Å². The van der Waals surface area contributed by atoms with E-state index in [4.69, 9.17) is 5.11 Å². The number of hydrogen-bond acceptors (Lipinski definition) is 3. The zero-order chi connectivity index (χ0) is 10.4. The third-order valence-corrected chi connectivity index (χ3v) is 3.65. The molecule has 0 spiro atoms. The van der Waals surface area contributed by atoms with Crippen LogP contribution in [0.5, 0.6) is 0 Å². The Morgan fingerprint density at radius 3 is 3.00 bits per heavy atom. The molecule has 0 saturated carbocycles. The molecule has 78 valence electrons. The summed E-state index contributed by atoms with van der Waals surface area (Å²) in [5.41, 5.74) is 0. The minimum absolute atomic E-state index is 0.235. The summed E-state index contributed by atoms with van der Waals surface area (Å²) < 4.78 is 1.12. The average molecular weight is 278 g/mol. The van der Waals surface area contributed by atoms with Crippen molar-refractivity contribution in [2.45, 2.75) is 19.4 Å². The topological polar surface area (TPSA) is 49.3 Å². The van der Waals surface area contributed by atoms with Gasteiger partial charge in [-0.05, 0) is 40.3 Å². The first-order chi connectivity index (χ1) is 6.70. The van der Waals surface area contributed by atoms with Crippen molar-refractivity contribution in [2.24, 2.45) is 0 Å². The fraction of sp³-hybridized carbons (Fsp3) is 0.444. The summed E-state index contributed by atoms with van der Waals surface area (Å²) in [6.07, 6.45) is 0.914. The number of nitrogens with one attached hydrogen (secondary N) is 1. The van der Waals surface area contributed by atoms with Gasteiger partial charge in [0.2, 0.25) is 0 Å². The van der Waals surface area contributed by atoms with Crippen LogP contribution in [0.25, 0.3) is 0 Å². The zero-order valence-electron chi connectivity index (χ0n) is 7.62. The molecule has 0 aromatic carbocycles. The SMILES string of the molecule is O=C(O)CCCNCc1sccc1Br. The molecular formula is C9H12BrNO2S. The van der Waals surface area contributed by atoms with Gasteiger partial charge in [0.1, 0.15) is 0 Å². The van der Waals surface area contributed by atoms with Crippen LogP contribution in [0.1, 0.15) is 17.7 Å². The fourth-order valence-electron chi connectivity index (χ4n) is 1.02. The van der Waals surface area contributed by atoms with Gasteiger partial charge in [-0.2, -0.15) is 0 Å². The van der Waals surface area contributed by atoms with Gasteiger partial charge in [-0.1, -0.05) is 0 Å². The molecule has 0 amide bonds. The first-order valence-electron chi connectivity index (χ1n) is 4.34. The summed E-state index contributed by atoms with van der Waals surface area (Å²) in [4.78, 5) is 11.5. The summed E-state index contributed by atoms with van der Waals surface area (Å²) in [6.45, 7) is 1.55. The highest BCUT2D eigenvalue weighted by molar-refractivity contribution is 9.10. The smallest absolute Gasteiger partial charge is 0.303 e. The van der Waals surface area contributed by atoms with Crippen LogP contribution in [-0.4, -0.2) is 17.6 Å². The van der Waals surface area contributed by atoms with Crippen molar-refractivity contribution in [2.75, 3.05) is 6.54 Å². The van der Waals surface area contributed by atoms with Gasteiger partial charge in [0.15, 0.2) is 0 Å². The summed E-state index contributed by atoms with van der Waals surface area (Å²) in [6, 6.07) is 2.01. The van der Waals surface area contributed by atoms with Gasteiger partial charge in [-0.3, -0.25) is 4.79 Å². The van der Waals surface area contributed by atoms with Crippen molar-refractivity contribution in [3.8, 4) is 0 Å². The second-order valence-corrected chi connectivity index (χ2v) is 4.72. The largest absolute Gasteiger partial charge is 0.481 e. The third kappa shape index (κ3) is 4.21. The van der Waals surface area contributed by atoms with E-state index < -0.39 is 5.97 Å². The van der Waals surface area contributed by atoms with Gasteiger partial charge in [0.25, 0.3) is 0 Å². The van der Waals surface area contributed by atoms with Crippen molar-refractivity contribution in [1.82, 2.24) is 5.32 Å². The average Bonchev–Trinajstić information content (AvgIpc) is 2.51. The Labute approximate surface area is 95.3 Å². The van der Waals surface area contributed by atoms with E-state index in [1.54, 1.807) is 11.3 Å². The number of rotatable bonds is 6. The van der Waals surface area contributed by atoms with E-state index in [0.29, 0.717) is 6.42 Å². The second kappa shape index (κ2) is 6.16. The summed E-state index contributed by atoms with van der Waals surface area (Å²) in [5.74, 6) is -0.732. The van der Waals surface area contributed by atoms with E-state index in [0.717, 1.165) is 17.6 Å². The number of aliphatic carboxylic acids is 1. The maximum absolute atomic E-state index is 10.2. The van der Waals surface area contributed by atoms with Crippen molar-refractivity contribution in [3.63, 3.8) is 0 Å². The van der Waals surface area contributed by atoms with Crippen molar-refractivity contribution >= 4 is 33.2 Å². The summed E-state index contributed by atoms with van der Waals surface area (Å²) in [7, 11) is 0. The number of hydrogen-bond donors (Lipinski definition) is 2. The molecule has 0 aliphatic rings. The lowest BCUT2D eigenvalue weighted by atomic mass is 10.3. The number of thiophene rings is 1. The van der Waals surface area contributed by atoms with Gasteiger partial charge in [0, 0.05) is 22.3 Å². The molecule has 1 rings (SSSR count). The molecule has 0 radical (unpaired) electrons. The standard InChI is InChI=1S/C9H12BrNO2S/c10-7-3-5-14-8(7)6-11-4-1-2-9(12)13/h3,5,11H,1-2,4,6H2,(H,12,13). The third-order valence-electron chi connectivity index (χ3n) is 1.72. The molecule has 14 heavy (non-hydrogen) atoms. The maximum atomic E-state index is 10.2. The van der Waals surface area contributed by atoms with Gasteiger partial charge in [-0.25, -0.2) is 0 Å². The Bertz CT molecular complexity index is 301. The number of carbonyl (C=O) groups is 1. The van der Waals surface area contributed by atoms with Gasteiger partial charge in [-0.15, -0.1) is 11.3 Å². The molecular weight excluding hydrogens is 266 g/mol. The molecule has 1 heterocycles. The molecule has 0 fully saturated rings. The van der Waals surface area contributed by atoms with Crippen LogP contribution in [0, 0.1) is 0 Å². The van der Waals surface area contributed by atoms with E-state index in [2.05, 4.69) is 21.2 Å². The lowest BCUT2D eigenvalue weighted by Crippen LogP contribution is -2.15. The minimum atomic E-state index is -0.732. The van der Waals surface area contributed by atoms with Gasteiger partial charge in [0.05, 0.1) is 0 Å². The Morgan fingerprint density at radius 1 is 1.64 bits per heavy atom. The first-order valence-corrected chi connectivity index (χ1v) is 6.02. The normalized spacial score (nSPS) is 10.4. The molecule has 2 N–H and O–H groups in total. The van der Waals surface area contributed by atoms with Crippen LogP contribution in [0.2, 0.25) is 0 Å². The molecule has 0 saturated heterocycles. The Morgan fingerprint density at radius 2 is 2.43 bits per heavy atom. The fourth-order valence-corrected chi connectivity index (χ4v) is 2.48. The van der Waals surface area contributed by atoms with Crippen LogP contribution in [0.3, 0.4) is 0 Å². The summed E-state index contributed by atoms with van der Waals surface area (Å²) >= 11 is 5.12. The molecule has 1 aromatic heterocycles. The number of halogens is 1. The van der Waals surface area contributed by atoms with Crippen LogP contribution < -0.4 is 5.32 Å². The Kier molecular flexibility index (Phi) is 5.14. The lowest BCUT2D eigenvalue weighted by molar-refractivity contribution is -0.137. The summed E-state index contributed by atoms with van der Waals surface area (Å²) in [5, 5.41) is 13.6. The monoisotopic (exact) mass is 277 g/mol. The highest BCUT2D eigenvalue weighted by Crippen LogP contribution is 2.21. The highest BCUT2D eigenvalue weighted by atomic mass is 79.9. The van der Waals surface area contributed by atoms with Crippen LogP contribution in [-0.2, 0) is 11.3 Å². The van der Waals surface area contributed by atoms with Crippen LogP contribution in [0.4, 0.5) is 0 Å². The van der Waals surface area contributed by atoms with Crippen LogP contribution in [0.15, 0.2) is 15.9 Å². The maximum Gasteiger partial charge on any atom is 0.303 e. The molecule has 0 atom stereocenters. The van der Waals surface area contributed by atoms with E-state index in [9.17, 15) is 4.79 Å². The Hall–Kier alpha value is -0.390. The molecule has 0 aliphatic heterocycles. The van der Waals surface area contributed by atoms with E-state index in [1.165, 1.54) is 4.88 Å². The predicted molar refractivity (Wildman–Crippen MR) is 60.6 cm³/mol. The number of carboxylic acids is 1. The van der Waals surface area contributed by atoms with E-state index in [-0.39, 0.29) is 6.42 Å². The quantitative estimate of drug-likeness (QED) is 0.786. The molecule has 3 nitrogen and oxygen atoms in total.